The lowest BCUT2D eigenvalue weighted by molar-refractivity contribution is 0.282. The van der Waals surface area contributed by atoms with Crippen molar-refractivity contribution in [3.63, 3.8) is 0 Å². The lowest BCUT2D eigenvalue weighted by Gasteiger charge is -2.10. The van der Waals surface area contributed by atoms with E-state index in [1.165, 1.54) is 0 Å². The Bertz CT molecular complexity index is 814. The average Bonchev–Trinajstić information content (AvgIpc) is 2.72. The molecule has 0 saturated carbocycles. The van der Waals surface area contributed by atoms with Gasteiger partial charge in [-0.05, 0) is 53.1 Å². The van der Waals surface area contributed by atoms with Gasteiger partial charge in [-0.25, -0.2) is 0 Å². The molecule has 0 bridgehead atoms. The van der Waals surface area contributed by atoms with Crippen LogP contribution in [-0.2, 0) is 19.8 Å². The van der Waals surface area contributed by atoms with Gasteiger partial charge in [-0.3, -0.25) is 0 Å². The Balaban J connectivity index is 1.51. The van der Waals surface area contributed by atoms with E-state index in [0.29, 0.717) is 13.2 Å². The Kier molecular flexibility index (Phi) is 6.12. The zero-order valence-corrected chi connectivity index (χ0v) is 14.8. The zero-order chi connectivity index (χ0) is 18.2. The van der Waals surface area contributed by atoms with Gasteiger partial charge in [0.05, 0.1) is 13.7 Å². The van der Waals surface area contributed by atoms with Gasteiger partial charge in [0.2, 0.25) is 0 Å². The topological polar surface area (TPSA) is 50.7 Å². The minimum absolute atomic E-state index is 0.0513. The predicted octanol–water partition coefficient (Wildman–Crippen LogP) is 4.38. The van der Waals surface area contributed by atoms with Crippen molar-refractivity contribution in [3.05, 3.63) is 89.5 Å². The molecular weight excluding hydrogens is 326 g/mol. The Morgan fingerprint density at radius 2 is 1.50 bits per heavy atom. The molecule has 4 nitrogen and oxygen atoms in total. The van der Waals surface area contributed by atoms with Crippen molar-refractivity contribution in [1.82, 2.24) is 0 Å². The third-order valence-corrected chi connectivity index (χ3v) is 4.09. The van der Waals surface area contributed by atoms with Gasteiger partial charge in [-0.2, -0.15) is 0 Å². The number of aliphatic hydroxyl groups is 1. The maximum absolute atomic E-state index is 9.19. The van der Waals surface area contributed by atoms with Gasteiger partial charge in [0.25, 0.3) is 0 Å². The molecule has 0 aliphatic rings. The molecule has 0 amide bonds. The second-order valence-corrected chi connectivity index (χ2v) is 5.99. The van der Waals surface area contributed by atoms with Gasteiger partial charge < -0.3 is 19.9 Å². The number of nitrogens with one attached hydrogen (secondary N) is 1. The number of hydrogen-bond acceptors (Lipinski definition) is 4. The summed E-state index contributed by atoms with van der Waals surface area (Å²) in [5.74, 6) is 1.68. The molecule has 0 saturated heterocycles. The maximum Gasteiger partial charge on any atom is 0.119 e. The fourth-order valence-corrected chi connectivity index (χ4v) is 2.58. The normalized spacial score (nSPS) is 10.4. The van der Waals surface area contributed by atoms with E-state index in [0.717, 1.165) is 33.9 Å². The fourth-order valence-electron chi connectivity index (χ4n) is 2.58. The Hall–Kier alpha value is -2.98. The first-order valence-electron chi connectivity index (χ1n) is 8.55. The van der Waals surface area contributed by atoms with E-state index < -0.39 is 0 Å². The van der Waals surface area contributed by atoms with E-state index in [4.69, 9.17) is 9.47 Å². The van der Waals surface area contributed by atoms with Crippen LogP contribution >= 0.6 is 0 Å². The Labute approximate surface area is 154 Å². The van der Waals surface area contributed by atoms with Crippen LogP contribution in [0.25, 0.3) is 0 Å². The van der Waals surface area contributed by atoms with Crippen LogP contribution < -0.4 is 14.8 Å². The lowest BCUT2D eigenvalue weighted by atomic mass is 10.2. The first-order valence-corrected chi connectivity index (χ1v) is 8.55. The molecule has 134 valence electrons. The molecule has 0 aliphatic carbocycles. The van der Waals surface area contributed by atoms with E-state index in [1.807, 2.05) is 72.8 Å². The summed E-state index contributed by atoms with van der Waals surface area (Å²) >= 11 is 0. The molecule has 3 aromatic carbocycles. The predicted molar refractivity (Wildman–Crippen MR) is 103 cm³/mol. The van der Waals surface area contributed by atoms with Crippen LogP contribution in [0.1, 0.15) is 16.7 Å². The number of ether oxygens (including phenoxy) is 2. The third-order valence-electron chi connectivity index (χ3n) is 4.09. The molecular formula is C22H23NO3. The highest BCUT2D eigenvalue weighted by Crippen LogP contribution is 2.17. The molecule has 26 heavy (non-hydrogen) atoms. The molecule has 3 aromatic rings. The van der Waals surface area contributed by atoms with E-state index in [2.05, 4.69) is 5.32 Å². The van der Waals surface area contributed by atoms with Gasteiger partial charge in [0.15, 0.2) is 0 Å². The number of methoxy groups -OCH3 is 1. The van der Waals surface area contributed by atoms with Crippen molar-refractivity contribution in [1.29, 1.82) is 0 Å². The van der Waals surface area contributed by atoms with E-state index >= 15 is 0 Å². The lowest BCUT2D eigenvalue weighted by Crippen LogP contribution is -2.00. The summed E-state index contributed by atoms with van der Waals surface area (Å²) in [5.41, 5.74) is 4.16. The van der Waals surface area contributed by atoms with Crippen LogP contribution in [0.3, 0.4) is 0 Å². The van der Waals surface area contributed by atoms with Gasteiger partial charge >= 0.3 is 0 Å². The average molecular weight is 349 g/mol. The second kappa shape index (κ2) is 8.92. The summed E-state index contributed by atoms with van der Waals surface area (Å²) in [6, 6.07) is 23.7. The van der Waals surface area contributed by atoms with Crippen molar-refractivity contribution in [2.24, 2.45) is 0 Å². The SMILES string of the molecule is COc1ccc(COc2ccc(CNc3cccc(CO)c3)cc2)cc1. The van der Waals surface area contributed by atoms with E-state index in [1.54, 1.807) is 7.11 Å². The monoisotopic (exact) mass is 349 g/mol. The van der Waals surface area contributed by atoms with Crippen molar-refractivity contribution in [2.75, 3.05) is 12.4 Å². The molecule has 0 fully saturated rings. The summed E-state index contributed by atoms with van der Waals surface area (Å²) in [6.07, 6.45) is 0. The summed E-state index contributed by atoms with van der Waals surface area (Å²) < 4.78 is 11.0. The van der Waals surface area contributed by atoms with Gasteiger partial charge in [-0.1, -0.05) is 36.4 Å². The van der Waals surface area contributed by atoms with Crippen molar-refractivity contribution < 1.29 is 14.6 Å². The largest absolute Gasteiger partial charge is 0.497 e. The molecule has 0 radical (unpaired) electrons. The molecule has 2 N–H and O–H groups in total. The number of rotatable bonds is 8. The van der Waals surface area contributed by atoms with Gasteiger partial charge in [0, 0.05) is 12.2 Å². The molecule has 3 rings (SSSR count). The number of benzene rings is 3. The van der Waals surface area contributed by atoms with Crippen molar-refractivity contribution in [2.45, 2.75) is 19.8 Å². The van der Waals surface area contributed by atoms with Crippen LogP contribution in [-0.4, -0.2) is 12.2 Å². The minimum Gasteiger partial charge on any atom is -0.497 e. The van der Waals surface area contributed by atoms with Crippen molar-refractivity contribution in [3.8, 4) is 11.5 Å². The summed E-state index contributed by atoms with van der Waals surface area (Å²) in [6.45, 7) is 1.29. The highest BCUT2D eigenvalue weighted by molar-refractivity contribution is 5.46. The first-order chi connectivity index (χ1) is 12.8. The Morgan fingerprint density at radius 1 is 0.808 bits per heavy atom. The highest BCUT2D eigenvalue weighted by atomic mass is 16.5. The van der Waals surface area contributed by atoms with E-state index in [-0.39, 0.29) is 6.61 Å². The van der Waals surface area contributed by atoms with Crippen LogP contribution in [0.5, 0.6) is 11.5 Å². The van der Waals surface area contributed by atoms with Crippen molar-refractivity contribution >= 4 is 5.69 Å². The molecule has 0 heterocycles. The summed E-state index contributed by atoms with van der Waals surface area (Å²) in [7, 11) is 1.66. The highest BCUT2D eigenvalue weighted by Gasteiger charge is 2.00. The molecule has 0 aliphatic heterocycles. The van der Waals surface area contributed by atoms with Crippen LogP contribution in [0.4, 0.5) is 5.69 Å². The first kappa shape index (κ1) is 17.8. The molecule has 0 atom stereocenters. The number of aliphatic hydroxyl groups excluding tert-OH is 1. The smallest absolute Gasteiger partial charge is 0.119 e. The quantitative estimate of drug-likeness (QED) is 0.634. The molecule has 4 heteroatoms. The fraction of sp³-hybridized carbons (Fsp3) is 0.182. The van der Waals surface area contributed by atoms with E-state index in [9.17, 15) is 5.11 Å². The molecule has 0 aromatic heterocycles. The maximum atomic E-state index is 9.19. The van der Waals surface area contributed by atoms with Crippen LogP contribution in [0.15, 0.2) is 72.8 Å². The minimum atomic E-state index is 0.0513. The van der Waals surface area contributed by atoms with Crippen LogP contribution in [0.2, 0.25) is 0 Å². The molecule has 0 spiro atoms. The summed E-state index contributed by atoms with van der Waals surface area (Å²) in [4.78, 5) is 0. The number of hydrogen-bond donors (Lipinski definition) is 2. The summed E-state index contributed by atoms with van der Waals surface area (Å²) in [5, 5.41) is 12.5. The molecule has 0 unspecified atom stereocenters. The zero-order valence-electron chi connectivity index (χ0n) is 14.8. The van der Waals surface area contributed by atoms with Gasteiger partial charge in [0.1, 0.15) is 18.1 Å². The Morgan fingerprint density at radius 3 is 2.19 bits per heavy atom. The third kappa shape index (κ3) is 5.01. The number of anilines is 1. The standard InChI is InChI=1S/C22H23NO3/c1-25-21-9-7-18(8-10-21)16-26-22-11-5-17(6-12-22)14-23-20-4-2-3-19(13-20)15-24/h2-13,23-24H,14-16H2,1H3. The second-order valence-electron chi connectivity index (χ2n) is 5.99. The van der Waals surface area contributed by atoms with Gasteiger partial charge in [-0.15, -0.1) is 0 Å². The van der Waals surface area contributed by atoms with Crippen LogP contribution in [0, 0.1) is 0 Å².